The number of nitro groups is 2. The average molecular weight is 251 g/mol. The Hall–Kier alpha value is -2.97. The first kappa shape index (κ1) is 11.5. The van der Waals surface area contributed by atoms with Crippen molar-refractivity contribution < 1.29 is 15.1 Å². The lowest BCUT2D eigenvalue weighted by Crippen LogP contribution is -2.21. The van der Waals surface area contributed by atoms with Gasteiger partial charge in [-0.3, -0.25) is 25.0 Å². The lowest BCUT2D eigenvalue weighted by molar-refractivity contribution is -0.387. The van der Waals surface area contributed by atoms with Crippen molar-refractivity contribution in [3.8, 4) is 0 Å². The standard InChI is InChI=1S/C9H5N3O6/c13-9-8(12(17)18)4-5-6(10(9)14)2-1-3-7(5)11(15)16/h1-4,14H. The fourth-order valence-corrected chi connectivity index (χ4v) is 1.58. The summed E-state index contributed by atoms with van der Waals surface area (Å²) in [6.07, 6.45) is 0. The minimum Gasteiger partial charge on any atom is -0.425 e. The van der Waals surface area contributed by atoms with Crippen LogP contribution in [0.4, 0.5) is 11.4 Å². The van der Waals surface area contributed by atoms with E-state index >= 15 is 0 Å². The van der Waals surface area contributed by atoms with Crippen molar-refractivity contribution in [3.63, 3.8) is 0 Å². The lowest BCUT2D eigenvalue weighted by atomic mass is 10.1. The van der Waals surface area contributed by atoms with Crippen molar-refractivity contribution in [3.05, 3.63) is 54.8 Å². The van der Waals surface area contributed by atoms with Crippen LogP contribution in [0.15, 0.2) is 29.1 Å². The monoisotopic (exact) mass is 251 g/mol. The first-order valence-electron chi connectivity index (χ1n) is 4.60. The molecule has 0 aliphatic heterocycles. The second kappa shape index (κ2) is 3.80. The first-order chi connectivity index (χ1) is 8.43. The summed E-state index contributed by atoms with van der Waals surface area (Å²) < 4.78 is 0.0282. The Morgan fingerprint density at radius 3 is 2.28 bits per heavy atom. The fraction of sp³-hybridized carbons (Fsp3) is 0. The molecule has 0 saturated carbocycles. The van der Waals surface area contributed by atoms with Crippen molar-refractivity contribution in [1.29, 1.82) is 0 Å². The van der Waals surface area contributed by atoms with Gasteiger partial charge in [-0.15, -0.1) is 4.73 Å². The molecule has 2 aromatic rings. The number of nitrogens with zero attached hydrogens (tertiary/aromatic N) is 3. The molecule has 18 heavy (non-hydrogen) atoms. The highest BCUT2D eigenvalue weighted by Gasteiger charge is 2.22. The maximum absolute atomic E-state index is 11.4. The molecule has 0 bridgehead atoms. The van der Waals surface area contributed by atoms with Gasteiger partial charge in [0, 0.05) is 12.1 Å². The van der Waals surface area contributed by atoms with Crippen LogP contribution in [0.25, 0.3) is 10.9 Å². The van der Waals surface area contributed by atoms with E-state index in [4.69, 9.17) is 0 Å². The van der Waals surface area contributed by atoms with Crippen LogP contribution in [0.2, 0.25) is 0 Å². The molecule has 1 aromatic carbocycles. The zero-order valence-electron chi connectivity index (χ0n) is 8.64. The van der Waals surface area contributed by atoms with Gasteiger partial charge in [-0.25, -0.2) is 0 Å². The van der Waals surface area contributed by atoms with Gasteiger partial charge in [0.05, 0.1) is 20.7 Å². The molecule has 1 N–H and O–H groups in total. The van der Waals surface area contributed by atoms with Crippen LogP contribution >= 0.6 is 0 Å². The normalized spacial score (nSPS) is 10.4. The number of hydrogen-bond acceptors (Lipinski definition) is 6. The first-order valence-corrected chi connectivity index (χ1v) is 4.60. The van der Waals surface area contributed by atoms with Gasteiger partial charge < -0.3 is 5.21 Å². The van der Waals surface area contributed by atoms with E-state index in [1.165, 1.54) is 12.1 Å². The van der Waals surface area contributed by atoms with E-state index in [0.29, 0.717) is 0 Å². The Balaban J connectivity index is 3.01. The number of aromatic nitrogens is 1. The predicted octanol–water partition coefficient (Wildman–Crippen LogP) is 1.06. The number of benzene rings is 1. The van der Waals surface area contributed by atoms with Gasteiger partial charge in [-0.2, -0.15) is 0 Å². The number of non-ortho nitro benzene ring substituents is 1. The predicted molar refractivity (Wildman–Crippen MR) is 58.7 cm³/mol. The molecule has 0 amide bonds. The molecule has 0 radical (unpaired) electrons. The van der Waals surface area contributed by atoms with Crippen molar-refractivity contribution in [2.24, 2.45) is 0 Å². The Kier molecular flexibility index (Phi) is 2.43. The average Bonchev–Trinajstić information content (AvgIpc) is 2.32. The zero-order valence-corrected chi connectivity index (χ0v) is 8.64. The maximum atomic E-state index is 11.4. The van der Waals surface area contributed by atoms with E-state index in [2.05, 4.69) is 0 Å². The molecule has 92 valence electrons. The van der Waals surface area contributed by atoms with Crippen LogP contribution in [0, 0.1) is 20.2 Å². The molecule has 0 atom stereocenters. The summed E-state index contributed by atoms with van der Waals surface area (Å²) in [5.74, 6) is 0. The minimum absolute atomic E-state index is 0.0282. The smallest absolute Gasteiger partial charge is 0.361 e. The summed E-state index contributed by atoms with van der Waals surface area (Å²) in [5.41, 5.74) is -2.77. The van der Waals surface area contributed by atoms with Gasteiger partial charge in [0.2, 0.25) is 0 Å². The Morgan fingerprint density at radius 2 is 1.72 bits per heavy atom. The largest absolute Gasteiger partial charge is 0.425 e. The highest BCUT2D eigenvalue weighted by Crippen LogP contribution is 2.26. The van der Waals surface area contributed by atoms with Crippen LogP contribution in [0.1, 0.15) is 0 Å². The van der Waals surface area contributed by atoms with Gasteiger partial charge >= 0.3 is 11.2 Å². The molecule has 0 saturated heterocycles. The van der Waals surface area contributed by atoms with Crippen LogP contribution < -0.4 is 5.56 Å². The molecule has 9 heteroatoms. The number of hydrogen-bond donors (Lipinski definition) is 1. The van der Waals surface area contributed by atoms with Crippen LogP contribution in [0.3, 0.4) is 0 Å². The molecule has 0 fully saturated rings. The van der Waals surface area contributed by atoms with Crippen LogP contribution in [-0.2, 0) is 0 Å². The summed E-state index contributed by atoms with van der Waals surface area (Å²) in [6, 6.07) is 4.41. The van der Waals surface area contributed by atoms with Gasteiger partial charge in [0.15, 0.2) is 0 Å². The van der Waals surface area contributed by atoms with Crippen molar-refractivity contribution in [2.75, 3.05) is 0 Å². The highest BCUT2D eigenvalue weighted by molar-refractivity contribution is 5.89. The second-order valence-corrected chi connectivity index (χ2v) is 3.37. The number of fused-ring (bicyclic) bond motifs is 1. The maximum Gasteiger partial charge on any atom is 0.361 e. The summed E-state index contributed by atoms with van der Waals surface area (Å²) in [4.78, 5) is 31.0. The van der Waals surface area contributed by atoms with Crippen LogP contribution in [-0.4, -0.2) is 19.8 Å². The van der Waals surface area contributed by atoms with Gasteiger partial charge in [0.1, 0.15) is 0 Å². The van der Waals surface area contributed by atoms with E-state index in [1.807, 2.05) is 0 Å². The molecule has 2 rings (SSSR count). The third kappa shape index (κ3) is 1.54. The summed E-state index contributed by atoms with van der Waals surface area (Å²) in [6.45, 7) is 0. The molecule has 1 heterocycles. The number of rotatable bonds is 2. The van der Waals surface area contributed by atoms with E-state index in [9.17, 15) is 30.2 Å². The second-order valence-electron chi connectivity index (χ2n) is 3.37. The fourth-order valence-electron chi connectivity index (χ4n) is 1.58. The molecular formula is C9H5N3O6. The summed E-state index contributed by atoms with van der Waals surface area (Å²) in [7, 11) is 0. The topological polar surface area (TPSA) is 129 Å². The van der Waals surface area contributed by atoms with Gasteiger partial charge in [0.25, 0.3) is 5.69 Å². The van der Waals surface area contributed by atoms with E-state index in [0.717, 1.165) is 12.1 Å². The Morgan fingerprint density at radius 1 is 1.11 bits per heavy atom. The number of pyridine rings is 1. The molecular weight excluding hydrogens is 246 g/mol. The molecule has 0 aliphatic carbocycles. The zero-order chi connectivity index (χ0) is 13.4. The third-order valence-corrected chi connectivity index (χ3v) is 2.37. The Bertz CT molecular complexity index is 735. The SMILES string of the molecule is O=c1c([N+](=O)[O-])cc2c([N+](=O)[O-])cccc2n1O. The Labute approximate surface area is 97.8 Å². The van der Waals surface area contributed by atoms with E-state index in [-0.39, 0.29) is 15.6 Å². The van der Waals surface area contributed by atoms with Gasteiger partial charge in [-0.1, -0.05) is 6.07 Å². The highest BCUT2D eigenvalue weighted by atomic mass is 16.6. The lowest BCUT2D eigenvalue weighted by Gasteiger charge is -2.03. The molecule has 0 unspecified atom stereocenters. The minimum atomic E-state index is -1.24. The van der Waals surface area contributed by atoms with Crippen molar-refractivity contribution >= 4 is 22.3 Å². The van der Waals surface area contributed by atoms with E-state index in [1.54, 1.807) is 0 Å². The van der Waals surface area contributed by atoms with E-state index < -0.39 is 26.8 Å². The summed E-state index contributed by atoms with van der Waals surface area (Å²) >= 11 is 0. The molecule has 9 nitrogen and oxygen atoms in total. The molecule has 0 spiro atoms. The van der Waals surface area contributed by atoms with Crippen LogP contribution in [0.5, 0.6) is 0 Å². The van der Waals surface area contributed by atoms with Gasteiger partial charge in [-0.05, 0) is 6.07 Å². The quantitative estimate of drug-likeness (QED) is 0.482. The molecule has 0 aliphatic rings. The number of nitro benzene ring substituents is 1. The summed E-state index contributed by atoms with van der Waals surface area (Å²) in [5, 5.41) is 30.7. The van der Waals surface area contributed by atoms with Crippen molar-refractivity contribution in [1.82, 2.24) is 4.73 Å². The molecule has 1 aromatic heterocycles. The third-order valence-electron chi connectivity index (χ3n) is 2.37. The van der Waals surface area contributed by atoms with Crippen molar-refractivity contribution in [2.45, 2.75) is 0 Å².